The minimum absolute atomic E-state index is 0.00800. The summed E-state index contributed by atoms with van der Waals surface area (Å²) in [7, 11) is 1.58. The smallest absolute Gasteiger partial charge is 0.301 e. The highest BCUT2D eigenvalue weighted by atomic mass is 32.1. The first-order chi connectivity index (χ1) is 19.9. The first kappa shape index (κ1) is 26.3. The van der Waals surface area contributed by atoms with Gasteiger partial charge in [-0.3, -0.25) is 14.5 Å². The molecule has 4 aromatic carbocycles. The van der Waals surface area contributed by atoms with Crippen LogP contribution in [0.1, 0.15) is 28.3 Å². The quantitative estimate of drug-likeness (QED) is 0.133. The maximum Gasteiger partial charge on any atom is 0.301 e. The summed E-state index contributed by atoms with van der Waals surface area (Å²) in [6.07, 6.45) is 0. The van der Waals surface area contributed by atoms with Gasteiger partial charge >= 0.3 is 5.91 Å². The van der Waals surface area contributed by atoms with Gasteiger partial charge in [0.25, 0.3) is 5.78 Å². The van der Waals surface area contributed by atoms with E-state index in [1.54, 1.807) is 37.4 Å². The number of methoxy groups -OCH3 is 1. The van der Waals surface area contributed by atoms with Crippen molar-refractivity contribution in [2.75, 3.05) is 12.0 Å². The summed E-state index contributed by atoms with van der Waals surface area (Å²) in [5.74, 6) is -0.451. The lowest BCUT2D eigenvalue weighted by atomic mass is 9.95. The van der Waals surface area contributed by atoms with Crippen LogP contribution in [0.2, 0.25) is 0 Å². The van der Waals surface area contributed by atoms with Gasteiger partial charge in [-0.05, 0) is 48.4 Å². The van der Waals surface area contributed by atoms with Crippen molar-refractivity contribution >= 4 is 44.1 Å². The van der Waals surface area contributed by atoms with Crippen LogP contribution in [0.3, 0.4) is 0 Å². The third kappa shape index (κ3) is 5.05. The number of thiazole rings is 1. The second kappa shape index (κ2) is 10.9. The number of Topliss-reactive ketones (excluding diaryl/α,β-unsaturated/α-hetero) is 1. The highest BCUT2D eigenvalue weighted by Crippen LogP contribution is 2.45. The van der Waals surface area contributed by atoms with Crippen molar-refractivity contribution in [1.29, 1.82) is 0 Å². The van der Waals surface area contributed by atoms with E-state index in [9.17, 15) is 14.7 Å². The number of aromatic nitrogens is 1. The monoisotopic (exact) mass is 562 g/mol. The number of ether oxygens (including phenoxy) is 2. The Balaban J connectivity index is 1.43. The van der Waals surface area contributed by atoms with E-state index in [4.69, 9.17) is 9.47 Å². The number of hydrogen-bond donors (Lipinski definition) is 1. The van der Waals surface area contributed by atoms with Gasteiger partial charge in [0.2, 0.25) is 0 Å². The number of amides is 1. The number of carbonyl (C=O) groups excluding carboxylic acids is 2. The van der Waals surface area contributed by atoms with E-state index in [0.29, 0.717) is 39.9 Å². The Kier molecular flexibility index (Phi) is 6.99. The summed E-state index contributed by atoms with van der Waals surface area (Å²) in [6, 6.07) is 28.8. The molecule has 1 amide bonds. The standard InChI is InChI=1S/C33H26N2O5S/c1-20-8-10-23(11-9-20)30(36)28-29(22-12-14-24(15-13-22)40-19-21-6-4-3-5-7-21)35(32(38)31(28)37)33-34-26-17-16-25(39-2)18-27(26)41-33/h3-18,29,36H,19H2,1-2H3. The topological polar surface area (TPSA) is 89.0 Å². The molecule has 1 saturated heterocycles. The Bertz CT molecular complexity index is 1780. The molecule has 7 nitrogen and oxygen atoms in total. The average molecular weight is 563 g/mol. The zero-order valence-electron chi connectivity index (χ0n) is 22.4. The predicted molar refractivity (Wildman–Crippen MR) is 159 cm³/mol. The van der Waals surface area contributed by atoms with Gasteiger partial charge < -0.3 is 14.6 Å². The zero-order chi connectivity index (χ0) is 28.5. The number of rotatable bonds is 7. The summed E-state index contributed by atoms with van der Waals surface area (Å²) in [5, 5.41) is 11.7. The molecule has 8 heteroatoms. The molecule has 1 fully saturated rings. The maximum atomic E-state index is 13.6. The van der Waals surface area contributed by atoms with Crippen molar-refractivity contribution < 1.29 is 24.2 Å². The molecular weight excluding hydrogens is 536 g/mol. The molecule has 2 heterocycles. The summed E-state index contributed by atoms with van der Waals surface area (Å²) in [6.45, 7) is 2.34. The summed E-state index contributed by atoms with van der Waals surface area (Å²) < 4.78 is 12.1. The minimum Gasteiger partial charge on any atom is -0.507 e. The third-order valence-electron chi connectivity index (χ3n) is 7.00. The van der Waals surface area contributed by atoms with Gasteiger partial charge in [-0.2, -0.15) is 0 Å². The van der Waals surface area contributed by atoms with Gasteiger partial charge in [-0.1, -0.05) is 83.6 Å². The number of nitrogens with zero attached hydrogens (tertiary/aromatic N) is 2. The van der Waals surface area contributed by atoms with E-state index < -0.39 is 17.7 Å². The highest BCUT2D eigenvalue weighted by Gasteiger charge is 2.48. The molecule has 0 aliphatic carbocycles. The number of carbonyl (C=O) groups is 2. The van der Waals surface area contributed by atoms with Crippen LogP contribution in [0, 0.1) is 6.92 Å². The SMILES string of the molecule is COc1ccc2nc(N3C(=O)C(=O)C(=C(O)c4ccc(C)cc4)C3c3ccc(OCc4ccccc4)cc3)sc2c1. The highest BCUT2D eigenvalue weighted by molar-refractivity contribution is 7.22. The van der Waals surface area contributed by atoms with Crippen molar-refractivity contribution in [2.45, 2.75) is 19.6 Å². The maximum absolute atomic E-state index is 13.6. The Morgan fingerprint density at radius 3 is 2.34 bits per heavy atom. The Labute approximate surface area is 240 Å². The first-order valence-electron chi connectivity index (χ1n) is 13.0. The lowest BCUT2D eigenvalue weighted by molar-refractivity contribution is -0.132. The molecular formula is C33H26N2O5S. The van der Waals surface area contributed by atoms with Crippen LogP contribution in [0.25, 0.3) is 16.0 Å². The van der Waals surface area contributed by atoms with Crippen LogP contribution >= 0.6 is 11.3 Å². The van der Waals surface area contributed by atoms with Crippen molar-refractivity contribution in [2.24, 2.45) is 0 Å². The average Bonchev–Trinajstić information content (AvgIpc) is 3.54. The zero-order valence-corrected chi connectivity index (χ0v) is 23.2. The first-order valence-corrected chi connectivity index (χ1v) is 13.8. The normalized spacial score (nSPS) is 16.3. The van der Waals surface area contributed by atoms with Gasteiger partial charge in [0.15, 0.2) is 5.13 Å². The fraction of sp³-hybridized carbons (Fsp3) is 0.121. The molecule has 0 saturated carbocycles. The Hall–Kier alpha value is -4.95. The molecule has 41 heavy (non-hydrogen) atoms. The number of aryl methyl sites for hydroxylation is 1. The van der Waals surface area contributed by atoms with Gasteiger partial charge in [-0.25, -0.2) is 4.98 Å². The van der Waals surface area contributed by atoms with Crippen molar-refractivity contribution in [3.05, 3.63) is 125 Å². The van der Waals surface area contributed by atoms with E-state index in [2.05, 4.69) is 4.98 Å². The molecule has 204 valence electrons. The second-order valence-corrected chi connectivity index (χ2v) is 10.7. The number of hydrogen-bond acceptors (Lipinski definition) is 7. The summed E-state index contributed by atoms with van der Waals surface area (Å²) in [4.78, 5) is 33.1. The van der Waals surface area contributed by atoms with Crippen LogP contribution in [0.5, 0.6) is 11.5 Å². The molecule has 1 unspecified atom stereocenters. The van der Waals surface area contributed by atoms with Crippen LogP contribution in [-0.2, 0) is 16.2 Å². The van der Waals surface area contributed by atoms with E-state index in [1.165, 1.54) is 16.2 Å². The summed E-state index contributed by atoms with van der Waals surface area (Å²) >= 11 is 1.28. The van der Waals surface area contributed by atoms with Crippen LogP contribution < -0.4 is 14.4 Å². The summed E-state index contributed by atoms with van der Waals surface area (Å²) in [5.41, 5.74) is 3.82. The van der Waals surface area contributed by atoms with E-state index in [1.807, 2.05) is 73.7 Å². The number of aliphatic hydroxyl groups is 1. The molecule has 1 atom stereocenters. The Morgan fingerprint density at radius 2 is 1.63 bits per heavy atom. The van der Waals surface area contributed by atoms with E-state index >= 15 is 0 Å². The second-order valence-electron chi connectivity index (χ2n) is 9.71. The van der Waals surface area contributed by atoms with Gasteiger partial charge in [0.05, 0.1) is 28.9 Å². The molecule has 0 spiro atoms. The van der Waals surface area contributed by atoms with Crippen LogP contribution in [0.15, 0.2) is 103 Å². The lowest BCUT2D eigenvalue weighted by Gasteiger charge is -2.23. The van der Waals surface area contributed by atoms with Crippen molar-refractivity contribution in [3.8, 4) is 11.5 Å². The molecule has 5 aromatic rings. The largest absolute Gasteiger partial charge is 0.507 e. The fourth-order valence-electron chi connectivity index (χ4n) is 4.82. The fourth-order valence-corrected chi connectivity index (χ4v) is 5.84. The van der Waals surface area contributed by atoms with Gasteiger partial charge in [0.1, 0.15) is 23.9 Å². The molecule has 0 bridgehead atoms. The molecule has 1 aliphatic heterocycles. The molecule has 6 rings (SSSR count). The molecule has 0 radical (unpaired) electrons. The Morgan fingerprint density at radius 1 is 0.927 bits per heavy atom. The van der Waals surface area contributed by atoms with Crippen LogP contribution in [-0.4, -0.2) is 28.9 Å². The van der Waals surface area contributed by atoms with Crippen LogP contribution in [0.4, 0.5) is 5.13 Å². The lowest BCUT2D eigenvalue weighted by Crippen LogP contribution is -2.29. The third-order valence-corrected chi connectivity index (χ3v) is 8.02. The van der Waals surface area contributed by atoms with Crippen molar-refractivity contribution in [1.82, 2.24) is 4.98 Å². The van der Waals surface area contributed by atoms with E-state index in [0.717, 1.165) is 15.8 Å². The molecule has 1 aromatic heterocycles. The molecule has 1 N–H and O–H groups in total. The van der Waals surface area contributed by atoms with Crippen molar-refractivity contribution in [3.63, 3.8) is 0 Å². The van der Waals surface area contributed by atoms with Gasteiger partial charge in [0, 0.05) is 5.56 Å². The van der Waals surface area contributed by atoms with Gasteiger partial charge in [-0.15, -0.1) is 0 Å². The van der Waals surface area contributed by atoms with E-state index in [-0.39, 0.29) is 11.3 Å². The predicted octanol–water partition coefficient (Wildman–Crippen LogP) is 6.82. The number of anilines is 1. The minimum atomic E-state index is -0.887. The number of ketones is 1. The number of benzene rings is 4. The number of aliphatic hydroxyl groups excluding tert-OH is 1. The molecule has 1 aliphatic rings. The number of fused-ring (bicyclic) bond motifs is 1.